The fourth-order valence-corrected chi connectivity index (χ4v) is 2.55. The molecule has 0 saturated heterocycles. The summed E-state index contributed by atoms with van der Waals surface area (Å²) in [6.45, 7) is 1.66. The molecule has 0 bridgehead atoms. The van der Waals surface area contributed by atoms with Crippen LogP contribution in [0.2, 0.25) is 0 Å². The predicted octanol–water partition coefficient (Wildman–Crippen LogP) is 3.55. The molecule has 3 nitrogen and oxygen atoms in total. The van der Waals surface area contributed by atoms with Gasteiger partial charge in [0.2, 0.25) is 5.88 Å². The molecule has 1 aliphatic rings. The lowest BCUT2D eigenvalue weighted by Gasteiger charge is -2.26. The number of halogens is 4. The minimum Gasteiger partial charge on any atom is -0.470 e. The standard InChI is InChI=1S/C12H13BrF3NO2/c1-11(18)4-2-3-9(11)19-10-8(13)5-7(6-17-10)12(14,15)16/h5-6,9,18H,2-4H2,1H3. The Labute approximate surface area is 116 Å². The van der Waals surface area contributed by atoms with E-state index in [0.29, 0.717) is 12.8 Å². The molecule has 2 atom stereocenters. The van der Waals surface area contributed by atoms with Gasteiger partial charge in [0.1, 0.15) is 6.10 Å². The summed E-state index contributed by atoms with van der Waals surface area (Å²) in [7, 11) is 0. The summed E-state index contributed by atoms with van der Waals surface area (Å²) in [5, 5.41) is 10.0. The maximum atomic E-state index is 12.5. The van der Waals surface area contributed by atoms with E-state index in [1.807, 2.05) is 0 Å². The Morgan fingerprint density at radius 2 is 2.21 bits per heavy atom. The van der Waals surface area contributed by atoms with E-state index in [1.54, 1.807) is 6.92 Å². The first-order valence-electron chi connectivity index (χ1n) is 5.82. The average molecular weight is 340 g/mol. The van der Waals surface area contributed by atoms with Crippen LogP contribution in [-0.4, -0.2) is 21.8 Å². The van der Waals surface area contributed by atoms with Gasteiger partial charge in [-0.1, -0.05) is 0 Å². The smallest absolute Gasteiger partial charge is 0.417 e. The Kier molecular flexibility index (Phi) is 3.79. The number of hydrogen-bond donors (Lipinski definition) is 1. The van der Waals surface area contributed by atoms with Crippen LogP contribution in [0.25, 0.3) is 0 Å². The highest BCUT2D eigenvalue weighted by Crippen LogP contribution is 2.37. The van der Waals surface area contributed by atoms with Crippen molar-refractivity contribution in [1.82, 2.24) is 4.98 Å². The second-order valence-electron chi connectivity index (χ2n) is 4.86. The monoisotopic (exact) mass is 339 g/mol. The number of hydrogen-bond acceptors (Lipinski definition) is 3. The summed E-state index contributed by atoms with van der Waals surface area (Å²) in [4.78, 5) is 3.67. The van der Waals surface area contributed by atoms with Crippen molar-refractivity contribution in [3.8, 4) is 5.88 Å². The number of aromatic nitrogens is 1. The number of alkyl halides is 3. The Morgan fingerprint density at radius 1 is 1.53 bits per heavy atom. The van der Waals surface area contributed by atoms with Gasteiger partial charge >= 0.3 is 6.18 Å². The van der Waals surface area contributed by atoms with Crippen LogP contribution in [0, 0.1) is 0 Å². The molecule has 106 valence electrons. The first-order valence-corrected chi connectivity index (χ1v) is 6.61. The highest BCUT2D eigenvalue weighted by Gasteiger charge is 2.39. The molecule has 2 unspecified atom stereocenters. The quantitative estimate of drug-likeness (QED) is 0.895. The number of aliphatic hydroxyl groups is 1. The maximum Gasteiger partial charge on any atom is 0.417 e. The normalized spacial score (nSPS) is 27.6. The zero-order valence-corrected chi connectivity index (χ0v) is 11.8. The van der Waals surface area contributed by atoms with Crippen molar-refractivity contribution in [2.24, 2.45) is 0 Å². The molecule has 1 N–H and O–H groups in total. The van der Waals surface area contributed by atoms with E-state index in [4.69, 9.17) is 4.74 Å². The molecule has 7 heteroatoms. The van der Waals surface area contributed by atoms with E-state index in [9.17, 15) is 18.3 Å². The predicted molar refractivity (Wildman–Crippen MR) is 65.8 cm³/mol. The van der Waals surface area contributed by atoms with E-state index in [0.717, 1.165) is 18.7 Å². The van der Waals surface area contributed by atoms with Gasteiger partial charge in [0, 0.05) is 6.20 Å². The first-order chi connectivity index (χ1) is 8.70. The summed E-state index contributed by atoms with van der Waals surface area (Å²) in [6, 6.07) is 0.923. The Bertz CT molecular complexity index is 477. The molecule has 19 heavy (non-hydrogen) atoms. The Hall–Kier alpha value is -0.820. The molecular formula is C12H13BrF3NO2. The fraction of sp³-hybridized carbons (Fsp3) is 0.583. The lowest BCUT2D eigenvalue weighted by Crippen LogP contribution is -2.38. The highest BCUT2D eigenvalue weighted by molar-refractivity contribution is 9.10. The van der Waals surface area contributed by atoms with Gasteiger partial charge < -0.3 is 9.84 Å². The molecule has 1 aliphatic carbocycles. The molecule has 1 aromatic heterocycles. The summed E-state index contributed by atoms with van der Waals surface area (Å²) in [5.41, 5.74) is -1.81. The lowest BCUT2D eigenvalue weighted by molar-refractivity contribution is -0.137. The van der Waals surface area contributed by atoms with E-state index in [-0.39, 0.29) is 10.4 Å². The van der Waals surface area contributed by atoms with E-state index in [1.165, 1.54) is 0 Å². The molecule has 0 radical (unpaired) electrons. The molecule has 0 aliphatic heterocycles. The maximum absolute atomic E-state index is 12.5. The average Bonchev–Trinajstić information content (AvgIpc) is 2.59. The van der Waals surface area contributed by atoms with E-state index in [2.05, 4.69) is 20.9 Å². The van der Waals surface area contributed by atoms with Crippen LogP contribution in [0.1, 0.15) is 31.7 Å². The number of nitrogens with zero attached hydrogens (tertiary/aromatic N) is 1. The van der Waals surface area contributed by atoms with Crippen molar-refractivity contribution in [3.63, 3.8) is 0 Å². The molecule has 0 aromatic carbocycles. The lowest BCUT2D eigenvalue weighted by atomic mass is 10.0. The van der Waals surface area contributed by atoms with E-state index < -0.39 is 23.4 Å². The van der Waals surface area contributed by atoms with Crippen LogP contribution < -0.4 is 4.74 Å². The summed E-state index contributed by atoms with van der Waals surface area (Å²) in [6.07, 6.45) is -2.09. The minimum atomic E-state index is -4.44. The number of pyridine rings is 1. The van der Waals surface area contributed by atoms with Crippen molar-refractivity contribution >= 4 is 15.9 Å². The molecule has 0 amide bonds. The van der Waals surface area contributed by atoms with Gasteiger partial charge in [-0.25, -0.2) is 4.98 Å². The Balaban J connectivity index is 2.18. The van der Waals surface area contributed by atoms with Gasteiger partial charge in [-0.15, -0.1) is 0 Å². The van der Waals surface area contributed by atoms with Crippen LogP contribution in [0.4, 0.5) is 13.2 Å². The summed E-state index contributed by atoms with van der Waals surface area (Å²) in [5.74, 6) is 0.0696. The largest absolute Gasteiger partial charge is 0.470 e. The molecule has 1 saturated carbocycles. The van der Waals surface area contributed by atoms with Crippen LogP contribution >= 0.6 is 15.9 Å². The van der Waals surface area contributed by atoms with Gasteiger partial charge in [0.15, 0.2) is 0 Å². The van der Waals surface area contributed by atoms with E-state index >= 15 is 0 Å². The van der Waals surface area contributed by atoms with Crippen LogP contribution in [-0.2, 0) is 6.18 Å². The van der Waals surface area contributed by atoms with Crippen molar-refractivity contribution in [2.75, 3.05) is 0 Å². The van der Waals surface area contributed by atoms with Crippen molar-refractivity contribution in [2.45, 2.75) is 44.1 Å². The molecule has 1 heterocycles. The molecule has 0 spiro atoms. The van der Waals surface area contributed by atoms with Crippen LogP contribution in [0.3, 0.4) is 0 Å². The van der Waals surface area contributed by atoms with Gasteiger partial charge in [-0.3, -0.25) is 0 Å². The molecular weight excluding hydrogens is 327 g/mol. The number of rotatable bonds is 2. The van der Waals surface area contributed by atoms with Gasteiger partial charge in [-0.05, 0) is 48.2 Å². The third-order valence-electron chi connectivity index (χ3n) is 3.23. The van der Waals surface area contributed by atoms with Crippen LogP contribution in [0.15, 0.2) is 16.7 Å². The minimum absolute atomic E-state index is 0.0696. The third kappa shape index (κ3) is 3.20. The SMILES string of the molecule is CC1(O)CCCC1Oc1ncc(C(F)(F)F)cc1Br. The van der Waals surface area contributed by atoms with Gasteiger partial charge in [0.05, 0.1) is 15.6 Å². The Morgan fingerprint density at radius 3 is 2.68 bits per heavy atom. The first kappa shape index (κ1) is 14.6. The zero-order chi connectivity index (χ0) is 14.3. The number of ether oxygens (including phenoxy) is 1. The van der Waals surface area contributed by atoms with Crippen LogP contribution in [0.5, 0.6) is 5.88 Å². The van der Waals surface area contributed by atoms with Crippen molar-refractivity contribution in [3.05, 3.63) is 22.3 Å². The summed E-state index contributed by atoms with van der Waals surface area (Å²) >= 11 is 3.02. The second-order valence-corrected chi connectivity index (χ2v) is 5.72. The third-order valence-corrected chi connectivity index (χ3v) is 3.80. The second kappa shape index (κ2) is 4.94. The zero-order valence-electron chi connectivity index (χ0n) is 10.2. The van der Waals surface area contributed by atoms with Gasteiger partial charge in [-0.2, -0.15) is 13.2 Å². The fourth-order valence-electron chi connectivity index (χ4n) is 2.11. The van der Waals surface area contributed by atoms with Crippen molar-refractivity contribution < 1.29 is 23.0 Å². The molecule has 1 fully saturated rings. The molecule has 1 aromatic rings. The molecule has 2 rings (SSSR count). The highest BCUT2D eigenvalue weighted by atomic mass is 79.9. The summed E-state index contributed by atoms with van der Waals surface area (Å²) < 4.78 is 43.1. The topological polar surface area (TPSA) is 42.4 Å². The van der Waals surface area contributed by atoms with Gasteiger partial charge in [0.25, 0.3) is 0 Å². The van der Waals surface area contributed by atoms with Crippen molar-refractivity contribution in [1.29, 1.82) is 0 Å².